The molecule has 36 heavy (non-hydrogen) atoms. The van der Waals surface area contributed by atoms with Crippen LogP contribution in [0.25, 0.3) is 22.5 Å². The van der Waals surface area contributed by atoms with E-state index in [0.29, 0.717) is 43.4 Å². The Balaban J connectivity index is 1.52. The van der Waals surface area contributed by atoms with Gasteiger partial charge in [-0.3, -0.25) is 14.5 Å². The minimum absolute atomic E-state index is 0.0396. The van der Waals surface area contributed by atoms with Crippen LogP contribution in [0.3, 0.4) is 0 Å². The van der Waals surface area contributed by atoms with E-state index in [-0.39, 0.29) is 18.0 Å². The van der Waals surface area contributed by atoms with E-state index in [0.717, 1.165) is 11.3 Å². The molecule has 2 aromatic carbocycles. The average Bonchev–Trinajstić information content (AvgIpc) is 3.33. The Hall–Kier alpha value is -4.14. The van der Waals surface area contributed by atoms with Gasteiger partial charge in [-0.25, -0.2) is 13.8 Å². The fourth-order valence-electron chi connectivity index (χ4n) is 4.10. The molecule has 0 spiro atoms. The molecule has 9 heteroatoms. The van der Waals surface area contributed by atoms with Gasteiger partial charge in [-0.2, -0.15) is 5.10 Å². The predicted molar refractivity (Wildman–Crippen MR) is 138 cm³/mol. The maximum atomic E-state index is 13.2. The summed E-state index contributed by atoms with van der Waals surface area (Å²) in [6, 6.07) is 17.6. The van der Waals surface area contributed by atoms with Crippen LogP contribution in [0, 0.1) is 0 Å². The number of halogens is 2. The Bertz CT molecular complexity index is 1240. The molecule has 7 nitrogen and oxygen atoms in total. The fraction of sp³-hybridized carbons (Fsp3) is 0.259. The lowest BCUT2D eigenvalue weighted by atomic mass is 10.1. The van der Waals surface area contributed by atoms with Crippen molar-refractivity contribution < 1.29 is 13.6 Å². The van der Waals surface area contributed by atoms with Crippen molar-refractivity contribution in [2.75, 3.05) is 33.2 Å². The van der Waals surface area contributed by atoms with E-state index >= 15 is 0 Å². The first kappa shape index (κ1) is 25.0. The van der Waals surface area contributed by atoms with E-state index < -0.39 is 6.43 Å². The second-order valence-electron chi connectivity index (χ2n) is 8.27. The molecule has 4 rings (SSSR count). The van der Waals surface area contributed by atoms with Crippen molar-refractivity contribution in [3.05, 3.63) is 78.9 Å². The molecule has 0 bridgehead atoms. The Morgan fingerprint density at radius 2 is 1.69 bits per heavy atom. The number of aliphatic imine (C=N–C) groups is 2. The van der Waals surface area contributed by atoms with Gasteiger partial charge in [0.2, 0.25) is 11.9 Å². The number of hydrogen-bond acceptors (Lipinski definition) is 3. The zero-order valence-electron chi connectivity index (χ0n) is 20.1. The third-order valence-corrected chi connectivity index (χ3v) is 6.00. The van der Waals surface area contributed by atoms with Gasteiger partial charge in [0.05, 0.1) is 11.4 Å². The van der Waals surface area contributed by atoms with Gasteiger partial charge in [0.25, 0.3) is 6.43 Å². The molecular weight excluding hydrogens is 462 g/mol. The SMILES string of the molecule is C=C/C=N\C(=NC)N1CCN(C(=O)Cn2nc(-c3ccc(C(F)F)cc3)cc2-c2ccccc2)CC1. The van der Waals surface area contributed by atoms with Crippen molar-refractivity contribution in [3.8, 4) is 22.5 Å². The molecule has 186 valence electrons. The van der Waals surface area contributed by atoms with E-state index in [4.69, 9.17) is 0 Å². The van der Waals surface area contributed by atoms with E-state index in [2.05, 4.69) is 21.7 Å². The molecule has 0 saturated carbocycles. The van der Waals surface area contributed by atoms with Crippen LogP contribution in [-0.4, -0.2) is 70.9 Å². The van der Waals surface area contributed by atoms with Crippen molar-refractivity contribution in [2.24, 2.45) is 9.98 Å². The summed E-state index contributed by atoms with van der Waals surface area (Å²) in [6.07, 6.45) is 0.672. The Morgan fingerprint density at radius 1 is 1.03 bits per heavy atom. The number of rotatable bonds is 6. The number of alkyl halides is 2. The normalized spacial score (nSPS) is 14.6. The molecule has 2 heterocycles. The molecule has 0 N–H and O–H groups in total. The predicted octanol–water partition coefficient (Wildman–Crippen LogP) is 4.54. The summed E-state index contributed by atoms with van der Waals surface area (Å²) in [4.78, 5) is 25.6. The van der Waals surface area contributed by atoms with Gasteiger partial charge in [0.1, 0.15) is 6.54 Å². The lowest BCUT2D eigenvalue weighted by molar-refractivity contribution is -0.133. The molecule has 1 aliphatic heterocycles. The fourth-order valence-corrected chi connectivity index (χ4v) is 4.10. The Kier molecular flexibility index (Phi) is 7.99. The number of hydrogen-bond donors (Lipinski definition) is 0. The zero-order valence-corrected chi connectivity index (χ0v) is 20.1. The summed E-state index contributed by atoms with van der Waals surface area (Å²) in [5, 5.41) is 4.68. The van der Waals surface area contributed by atoms with Crippen LogP contribution in [0.5, 0.6) is 0 Å². The first-order chi connectivity index (χ1) is 17.5. The Labute approximate surface area is 209 Å². The van der Waals surface area contributed by atoms with Crippen LogP contribution in [0.2, 0.25) is 0 Å². The lowest BCUT2D eigenvalue weighted by Crippen LogP contribution is -2.51. The van der Waals surface area contributed by atoms with Gasteiger partial charge >= 0.3 is 0 Å². The zero-order chi connectivity index (χ0) is 25.5. The topological polar surface area (TPSA) is 66.1 Å². The van der Waals surface area contributed by atoms with Gasteiger partial charge in [-0.05, 0) is 11.6 Å². The smallest absolute Gasteiger partial charge is 0.263 e. The summed E-state index contributed by atoms with van der Waals surface area (Å²) < 4.78 is 27.6. The molecule has 1 saturated heterocycles. The second kappa shape index (κ2) is 11.5. The molecule has 0 aliphatic carbocycles. The second-order valence-corrected chi connectivity index (χ2v) is 8.27. The third-order valence-electron chi connectivity index (χ3n) is 6.00. The number of aromatic nitrogens is 2. The molecule has 0 radical (unpaired) electrons. The number of piperazine rings is 1. The summed E-state index contributed by atoms with van der Waals surface area (Å²) in [5.41, 5.74) is 3.00. The summed E-state index contributed by atoms with van der Waals surface area (Å²) in [5.74, 6) is 0.571. The van der Waals surface area contributed by atoms with Crippen molar-refractivity contribution >= 4 is 18.1 Å². The summed E-state index contributed by atoms with van der Waals surface area (Å²) in [7, 11) is 1.69. The molecule has 1 aliphatic rings. The minimum Gasteiger partial charge on any atom is -0.338 e. The van der Waals surface area contributed by atoms with Gasteiger partial charge in [-0.15, -0.1) is 0 Å². The highest BCUT2D eigenvalue weighted by molar-refractivity contribution is 5.90. The summed E-state index contributed by atoms with van der Waals surface area (Å²) in [6.45, 7) is 6.05. The highest BCUT2D eigenvalue weighted by Gasteiger charge is 2.24. The van der Waals surface area contributed by atoms with Crippen LogP contribution in [0.4, 0.5) is 8.78 Å². The van der Waals surface area contributed by atoms with Crippen LogP contribution < -0.4 is 0 Å². The number of carbonyl (C=O) groups is 1. The highest BCUT2D eigenvalue weighted by Crippen LogP contribution is 2.28. The van der Waals surface area contributed by atoms with Crippen molar-refractivity contribution in [1.29, 1.82) is 0 Å². The van der Waals surface area contributed by atoms with Crippen molar-refractivity contribution in [1.82, 2.24) is 19.6 Å². The van der Waals surface area contributed by atoms with E-state index in [9.17, 15) is 13.6 Å². The number of nitrogens with zero attached hydrogens (tertiary/aromatic N) is 6. The Morgan fingerprint density at radius 3 is 2.31 bits per heavy atom. The molecule has 1 amide bonds. The van der Waals surface area contributed by atoms with Gasteiger partial charge < -0.3 is 9.80 Å². The van der Waals surface area contributed by atoms with Crippen molar-refractivity contribution in [2.45, 2.75) is 13.0 Å². The summed E-state index contributed by atoms with van der Waals surface area (Å²) >= 11 is 0. The number of allylic oxidation sites excluding steroid dienone is 1. The van der Waals surface area contributed by atoms with Gasteiger partial charge in [-0.1, -0.05) is 67.3 Å². The van der Waals surface area contributed by atoms with Crippen LogP contribution in [0.1, 0.15) is 12.0 Å². The van der Waals surface area contributed by atoms with Crippen LogP contribution in [-0.2, 0) is 11.3 Å². The first-order valence-corrected chi connectivity index (χ1v) is 11.7. The molecule has 3 aromatic rings. The maximum absolute atomic E-state index is 13.2. The van der Waals surface area contributed by atoms with Gasteiger partial charge in [0, 0.05) is 50.6 Å². The maximum Gasteiger partial charge on any atom is 0.263 e. The molecular formula is C27H28F2N6O. The van der Waals surface area contributed by atoms with E-state index in [1.54, 1.807) is 36.2 Å². The van der Waals surface area contributed by atoms with Crippen LogP contribution in [0.15, 0.2) is 83.3 Å². The molecule has 0 atom stereocenters. The highest BCUT2D eigenvalue weighted by atomic mass is 19.3. The molecule has 0 unspecified atom stereocenters. The first-order valence-electron chi connectivity index (χ1n) is 11.7. The van der Waals surface area contributed by atoms with Crippen molar-refractivity contribution in [3.63, 3.8) is 0 Å². The molecule has 1 aromatic heterocycles. The number of carbonyl (C=O) groups excluding carboxylic acids is 1. The number of guanidine groups is 1. The average molecular weight is 491 g/mol. The van der Waals surface area contributed by atoms with E-state index in [1.165, 1.54) is 12.1 Å². The number of benzene rings is 2. The third kappa shape index (κ3) is 5.73. The standard InChI is InChI=1S/C27H28F2N6O/c1-3-13-31-27(30-2)34-16-14-33(15-17-34)25(36)19-35-24(21-7-5-4-6-8-21)18-23(32-35)20-9-11-22(12-10-20)26(28)29/h3-13,18,26H,1,14-17,19H2,2H3/b30-27?,31-13-. The monoisotopic (exact) mass is 490 g/mol. The quantitative estimate of drug-likeness (QED) is 0.376. The largest absolute Gasteiger partial charge is 0.338 e. The number of amides is 1. The minimum atomic E-state index is -2.52. The van der Waals surface area contributed by atoms with Gasteiger partial charge in [0.15, 0.2) is 0 Å². The lowest BCUT2D eigenvalue weighted by Gasteiger charge is -2.35. The molecule has 1 fully saturated rings. The van der Waals surface area contributed by atoms with E-state index in [1.807, 2.05) is 46.2 Å². The van der Waals surface area contributed by atoms with Crippen LogP contribution >= 0.6 is 0 Å².